The monoisotopic (exact) mass is 247 g/mol. The van der Waals surface area contributed by atoms with Crippen LogP contribution in [-0.4, -0.2) is 10.2 Å². The second-order valence-corrected chi connectivity index (χ2v) is 3.98. The van der Waals surface area contributed by atoms with Gasteiger partial charge in [0.05, 0.1) is 0 Å². The van der Waals surface area contributed by atoms with Crippen molar-refractivity contribution in [3.63, 3.8) is 0 Å². The van der Waals surface area contributed by atoms with E-state index in [1.165, 1.54) is 6.07 Å². The minimum absolute atomic E-state index is 0.216. The molecule has 3 nitrogen and oxygen atoms in total. The maximum absolute atomic E-state index is 13.1. The van der Waals surface area contributed by atoms with Crippen LogP contribution in [0, 0.1) is 5.82 Å². The van der Waals surface area contributed by atoms with Crippen molar-refractivity contribution in [1.29, 1.82) is 0 Å². The molecule has 0 aliphatic heterocycles. The summed E-state index contributed by atoms with van der Waals surface area (Å²) in [6, 6.07) is 11.4. The van der Waals surface area contributed by atoms with Crippen molar-refractivity contribution in [1.82, 2.24) is 5.32 Å². The van der Waals surface area contributed by atoms with Crippen LogP contribution in [0.3, 0.4) is 0 Å². The lowest BCUT2D eigenvalue weighted by Gasteiger charge is -2.08. The molecule has 0 radical (unpaired) electrons. The van der Waals surface area contributed by atoms with E-state index in [0.717, 1.165) is 5.56 Å². The number of para-hydroxylation sites is 2. The summed E-state index contributed by atoms with van der Waals surface area (Å²) in [6.07, 6.45) is 0. The topological polar surface area (TPSA) is 52.5 Å². The molecule has 2 rings (SSSR count). The maximum atomic E-state index is 13.1. The minimum atomic E-state index is -0.628. The first-order chi connectivity index (χ1) is 8.68. The Labute approximate surface area is 105 Å². The van der Waals surface area contributed by atoms with Crippen LogP contribution in [0.4, 0.5) is 4.39 Å². The van der Waals surface area contributed by atoms with Gasteiger partial charge in [0, 0.05) is 24.2 Å². The van der Waals surface area contributed by atoms with Gasteiger partial charge in [-0.2, -0.15) is 0 Å². The highest BCUT2D eigenvalue weighted by Crippen LogP contribution is 2.21. The second kappa shape index (κ2) is 5.51. The number of phenols is 2. The fourth-order valence-electron chi connectivity index (χ4n) is 1.69. The van der Waals surface area contributed by atoms with Gasteiger partial charge in [-0.1, -0.05) is 30.3 Å². The van der Waals surface area contributed by atoms with Crippen LogP contribution in [0.25, 0.3) is 0 Å². The van der Waals surface area contributed by atoms with E-state index in [9.17, 15) is 14.6 Å². The first-order valence-electron chi connectivity index (χ1n) is 5.62. The molecule has 0 aliphatic rings. The Morgan fingerprint density at radius 1 is 0.889 bits per heavy atom. The molecule has 0 unspecified atom stereocenters. The molecule has 18 heavy (non-hydrogen) atoms. The Bertz CT molecular complexity index is 543. The van der Waals surface area contributed by atoms with E-state index in [2.05, 4.69) is 5.32 Å². The van der Waals surface area contributed by atoms with Gasteiger partial charge < -0.3 is 15.5 Å². The van der Waals surface area contributed by atoms with E-state index < -0.39 is 5.82 Å². The average molecular weight is 247 g/mol. The number of hydrogen-bond acceptors (Lipinski definition) is 3. The lowest BCUT2D eigenvalue weighted by Crippen LogP contribution is -2.13. The Morgan fingerprint density at radius 3 is 2.33 bits per heavy atom. The number of aromatic hydroxyl groups is 2. The predicted octanol–water partition coefficient (Wildman–Crippen LogP) is 2.53. The number of nitrogens with one attached hydrogen (secondary N) is 1. The molecule has 94 valence electrons. The number of phenolic OH excluding ortho intramolecular Hbond substituents is 2. The van der Waals surface area contributed by atoms with Crippen molar-refractivity contribution in [3.05, 3.63) is 59.4 Å². The average Bonchev–Trinajstić information content (AvgIpc) is 2.37. The zero-order chi connectivity index (χ0) is 13.0. The highest BCUT2D eigenvalue weighted by Gasteiger charge is 2.06. The predicted molar refractivity (Wildman–Crippen MR) is 66.7 cm³/mol. The lowest BCUT2D eigenvalue weighted by molar-refractivity contribution is 0.422. The van der Waals surface area contributed by atoms with Gasteiger partial charge in [-0.15, -0.1) is 0 Å². The summed E-state index contributed by atoms with van der Waals surface area (Å²) in [5.41, 5.74) is 1.25. The van der Waals surface area contributed by atoms with Crippen LogP contribution >= 0.6 is 0 Å². The summed E-state index contributed by atoms with van der Waals surface area (Å²) in [7, 11) is 0. The van der Waals surface area contributed by atoms with Gasteiger partial charge in [0.15, 0.2) is 11.6 Å². The third-order valence-electron chi connectivity index (χ3n) is 2.69. The highest BCUT2D eigenvalue weighted by atomic mass is 19.1. The molecule has 0 amide bonds. The van der Waals surface area contributed by atoms with Crippen molar-refractivity contribution in [3.8, 4) is 11.5 Å². The van der Waals surface area contributed by atoms with Crippen molar-refractivity contribution >= 4 is 0 Å². The number of hydrogen-bond donors (Lipinski definition) is 3. The molecule has 0 aromatic heterocycles. The molecule has 0 saturated carbocycles. The van der Waals surface area contributed by atoms with Gasteiger partial charge in [-0.3, -0.25) is 0 Å². The standard InChI is InChI=1S/C14H14FNO2/c15-12-6-3-5-11(14(12)18)9-16-8-10-4-1-2-7-13(10)17/h1-7,16-18H,8-9H2. The van der Waals surface area contributed by atoms with Crippen molar-refractivity contribution in [2.75, 3.05) is 0 Å². The molecule has 0 fully saturated rings. The normalized spacial score (nSPS) is 10.5. The van der Waals surface area contributed by atoms with Crippen molar-refractivity contribution < 1.29 is 14.6 Å². The summed E-state index contributed by atoms with van der Waals surface area (Å²) in [4.78, 5) is 0. The molecule has 0 atom stereocenters. The zero-order valence-corrected chi connectivity index (χ0v) is 9.73. The van der Waals surface area contributed by atoms with Gasteiger partial charge in [0.2, 0.25) is 0 Å². The molecule has 2 aromatic carbocycles. The van der Waals surface area contributed by atoms with Gasteiger partial charge in [0.25, 0.3) is 0 Å². The van der Waals surface area contributed by atoms with Crippen LogP contribution in [0.1, 0.15) is 11.1 Å². The van der Waals surface area contributed by atoms with Crippen LogP contribution in [-0.2, 0) is 13.1 Å². The maximum Gasteiger partial charge on any atom is 0.165 e. The zero-order valence-electron chi connectivity index (χ0n) is 9.73. The quantitative estimate of drug-likeness (QED) is 0.778. The second-order valence-electron chi connectivity index (χ2n) is 3.98. The fraction of sp³-hybridized carbons (Fsp3) is 0.143. The Balaban J connectivity index is 1.97. The summed E-state index contributed by atoms with van der Waals surface area (Å²) in [5, 5.41) is 22.1. The first-order valence-corrected chi connectivity index (χ1v) is 5.62. The van der Waals surface area contributed by atoms with E-state index in [1.807, 2.05) is 6.07 Å². The smallest absolute Gasteiger partial charge is 0.165 e. The largest absolute Gasteiger partial charge is 0.508 e. The van der Waals surface area contributed by atoms with E-state index in [4.69, 9.17) is 0 Å². The van der Waals surface area contributed by atoms with Gasteiger partial charge >= 0.3 is 0 Å². The molecular weight excluding hydrogens is 233 g/mol. The number of benzene rings is 2. The highest BCUT2D eigenvalue weighted by molar-refractivity contribution is 5.34. The van der Waals surface area contributed by atoms with Crippen LogP contribution in [0.15, 0.2) is 42.5 Å². The van der Waals surface area contributed by atoms with Crippen molar-refractivity contribution in [2.24, 2.45) is 0 Å². The summed E-state index contributed by atoms with van der Waals surface area (Å²) < 4.78 is 13.1. The summed E-state index contributed by atoms with van der Waals surface area (Å²) >= 11 is 0. The molecule has 0 saturated heterocycles. The first kappa shape index (κ1) is 12.4. The number of rotatable bonds is 4. The lowest BCUT2D eigenvalue weighted by atomic mass is 10.1. The van der Waals surface area contributed by atoms with Gasteiger partial charge in [0.1, 0.15) is 5.75 Å². The van der Waals surface area contributed by atoms with Crippen molar-refractivity contribution in [2.45, 2.75) is 13.1 Å². The van der Waals surface area contributed by atoms with Crippen LogP contribution in [0.2, 0.25) is 0 Å². The summed E-state index contributed by atoms with van der Waals surface area (Å²) in [6.45, 7) is 0.778. The summed E-state index contributed by atoms with van der Waals surface area (Å²) in [5.74, 6) is -0.743. The molecule has 0 heterocycles. The Hall–Kier alpha value is -2.07. The fourth-order valence-corrected chi connectivity index (χ4v) is 1.69. The molecule has 0 bridgehead atoms. The van der Waals surface area contributed by atoms with E-state index in [1.54, 1.807) is 30.3 Å². The molecule has 4 heteroatoms. The van der Waals surface area contributed by atoms with Gasteiger partial charge in [-0.25, -0.2) is 4.39 Å². The van der Waals surface area contributed by atoms with Crippen LogP contribution in [0.5, 0.6) is 11.5 Å². The van der Waals surface area contributed by atoms with E-state index in [-0.39, 0.29) is 11.5 Å². The SMILES string of the molecule is Oc1ccccc1CNCc1cccc(F)c1O. The Morgan fingerprint density at radius 2 is 1.56 bits per heavy atom. The Kier molecular flexibility index (Phi) is 3.79. The van der Waals surface area contributed by atoms with E-state index in [0.29, 0.717) is 18.7 Å². The molecule has 0 aliphatic carbocycles. The third-order valence-corrected chi connectivity index (χ3v) is 2.69. The third kappa shape index (κ3) is 2.78. The van der Waals surface area contributed by atoms with E-state index >= 15 is 0 Å². The molecule has 0 spiro atoms. The minimum Gasteiger partial charge on any atom is -0.508 e. The van der Waals surface area contributed by atoms with Gasteiger partial charge in [-0.05, 0) is 12.1 Å². The van der Waals surface area contributed by atoms with Crippen LogP contribution < -0.4 is 5.32 Å². The molecule has 2 aromatic rings. The number of halogens is 1. The molecular formula is C14H14FNO2. The molecule has 3 N–H and O–H groups in total.